The van der Waals surface area contributed by atoms with Crippen LogP contribution in [-0.2, 0) is 7.05 Å². The zero-order valence-electron chi connectivity index (χ0n) is 18.8. The van der Waals surface area contributed by atoms with E-state index in [0.717, 1.165) is 17.4 Å². The van der Waals surface area contributed by atoms with E-state index in [1.807, 2.05) is 4.90 Å². The summed E-state index contributed by atoms with van der Waals surface area (Å²) >= 11 is 0. The van der Waals surface area contributed by atoms with Crippen LogP contribution in [0.25, 0.3) is 32.9 Å². The molecule has 2 atom stereocenters. The van der Waals surface area contributed by atoms with Crippen molar-refractivity contribution in [1.82, 2.24) is 19.9 Å². The van der Waals surface area contributed by atoms with Crippen LogP contribution in [0.15, 0.2) is 35.3 Å². The fourth-order valence-electron chi connectivity index (χ4n) is 5.44. The number of hydrogen-bond donors (Lipinski definition) is 2. The molecule has 0 unspecified atom stereocenters. The molecule has 7 nitrogen and oxygen atoms in total. The number of nitrogens with one attached hydrogen (secondary N) is 1. The van der Waals surface area contributed by atoms with E-state index in [0.29, 0.717) is 41.8 Å². The van der Waals surface area contributed by atoms with Gasteiger partial charge in [0.2, 0.25) is 0 Å². The van der Waals surface area contributed by atoms with Crippen molar-refractivity contribution < 1.29 is 13.9 Å². The third-order valence-corrected chi connectivity index (χ3v) is 7.03. The van der Waals surface area contributed by atoms with Gasteiger partial charge in [0.15, 0.2) is 5.82 Å². The minimum Gasteiger partial charge on any atom is -0.508 e. The van der Waals surface area contributed by atoms with Gasteiger partial charge in [-0.25, -0.2) is 13.6 Å². The van der Waals surface area contributed by atoms with E-state index in [1.54, 1.807) is 0 Å². The molecule has 2 aliphatic rings. The van der Waals surface area contributed by atoms with Gasteiger partial charge in [-0.1, -0.05) is 12.0 Å². The number of nitrogens with zero attached hydrogens (tertiary/aromatic N) is 4. The number of halogens is 2. The maximum Gasteiger partial charge on any atom is 0.349 e. The van der Waals surface area contributed by atoms with Crippen LogP contribution in [0.4, 0.5) is 14.6 Å². The monoisotopic (exact) mass is 473 g/mol. The Morgan fingerprint density at radius 1 is 1.20 bits per heavy atom. The van der Waals surface area contributed by atoms with Gasteiger partial charge >= 0.3 is 5.69 Å². The highest BCUT2D eigenvalue weighted by atomic mass is 19.1. The van der Waals surface area contributed by atoms with Crippen LogP contribution < -0.4 is 15.9 Å². The van der Waals surface area contributed by atoms with Crippen LogP contribution in [-0.4, -0.2) is 44.8 Å². The Bertz CT molecular complexity index is 1630. The lowest BCUT2D eigenvalue weighted by atomic mass is 9.95. The summed E-state index contributed by atoms with van der Waals surface area (Å²) in [5, 5.41) is 14.9. The van der Waals surface area contributed by atoms with Gasteiger partial charge in [-0.3, -0.25) is 9.55 Å². The van der Waals surface area contributed by atoms with E-state index in [-0.39, 0.29) is 33.5 Å². The van der Waals surface area contributed by atoms with Gasteiger partial charge in [0, 0.05) is 49.4 Å². The minimum absolute atomic E-state index is 0.0334. The molecule has 6 rings (SSSR count). The van der Waals surface area contributed by atoms with Crippen LogP contribution >= 0.6 is 0 Å². The SMILES string of the molecule is C#Cc1c(F)ccc2cc(O)cc(-c3ncc4c(N5C[C@H]6CC[C@@H](C5)N6)nc(=O)n(C)c4c3F)c12. The molecule has 2 N–H and O–H groups in total. The summed E-state index contributed by atoms with van der Waals surface area (Å²) in [5.74, 6) is 1.16. The average Bonchev–Trinajstić information content (AvgIpc) is 3.18. The highest BCUT2D eigenvalue weighted by molar-refractivity contribution is 6.03. The Balaban J connectivity index is 1.63. The van der Waals surface area contributed by atoms with Crippen LogP contribution in [0, 0.1) is 24.0 Å². The quantitative estimate of drug-likeness (QED) is 0.436. The number of anilines is 1. The predicted octanol–water partition coefficient (Wildman–Crippen LogP) is 3.05. The third-order valence-electron chi connectivity index (χ3n) is 7.03. The third kappa shape index (κ3) is 3.25. The van der Waals surface area contributed by atoms with E-state index in [4.69, 9.17) is 6.42 Å². The van der Waals surface area contributed by atoms with Crippen molar-refractivity contribution in [1.29, 1.82) is 0 Å². The van der Waals surface area contributed by atoms with Gasteiger partial charge in [-0.15, -0.1) is 6.42 Å². The number of fused-ring (bicyclic) bond motifs is 4. The lowest BCUT2D eigenvalue weighted by Crippen LogP contribution is -2.51. The maximum atomic E-state index is 16.2. The first-order valence-corrected chi connectivity index (χ1v) is 11.3. The number of phenolic OH excluding ortho intramolecular Hbond substituents is 1. The summed E-state index contributed by atoms with van der Waals surface area (Å²) in [5.41, 5.74) is -0.623. The summed E-state index contributed by atoms with van der Waals surface area (Å²) in [6.45, 7) is 1.33. The summed E-state index contributed by atoms with van der Waals surface area (Å²) < 4.78 is 31.9. The van der Waals surface area contributed by atoms with Crippen molar-refractivity contribution in [3.05, 3.63) is 58.1 Å². The minimum atomic E-state index is -0.775. The molecule has 0 radical (unpaired) electrons. The first-order chi connectivity index (χ1) is 16.9. The zero-order chi connectivity index (χ0) is 24.4. The number of aromatic nitrogens is 3. The normalized spacial score (nSPS) is 19.4. The van der Waals surface area contributed by atoms with Gasteiger partial charge in [0.1, 0.15) is 23.1 Å². The molecule has 9 heteroatoms. The number of aryl methyl sites for hydroxylation is 1. The number of pyridine rings is 1. The largest absolute Gasteiger partial charge is 0.508 e. The highest BCUT2D eigenvalue weighted by Crippen LogP contribution is 2.38. The first-order valence-electron chi connectivity index (χ1n) is 11.3. The molecule has 0 aliphatic carbocycles. The van der Waals surface area contributed by atoms with Crippen molar-refractivity contribution in [2.45, 2.75) is 24.9 Å². The van der Waals surface area contributed by atoms with Crippen molar-refractivity contribution in [2.75, 3.05) is 18.0 Å². The molecule has 4 aromatic rings. The second kappa shape index (κ2) is 7.75. The molecule has 2 fully saturated rings. The molecule has 2 aromatic carbocycles. The number of phenols is 1. The van der Waals surface area contributed by atoms with Gasteiger partial charge in [-0.2, -0.15) is 4.98 Å². The van der Waals surface area contributed by atoms with E-state index >= 15 is 4.39 Å². The van der Waals surface area contributed by atoms with Crippen LogP contribution in [0.3, 0.4) is 0 Å². The second-order valence-electron chi connectivity index (χ2n) is 9.16. The van der Waals surface area contributed by atoms with E-state index in [9.17, 15) is 14.3 Å². The highest BCUT2D eigenvalue weighted by Gasteiger charge is 2.34. The molecule has 2 saturated heterocycles. The van der Waals surface area contributed by atoms with E-state index in [1.165, 1.54) is 37.5 Å². The molecule has 35 heavy (non-hydrogen) atoms. The lowest BCUT2D eigenvalue weighted by molar-refractivity contribution is 0.463. The topological polar surface area (TPSA) is 83.3 Å². The Morgan fingerprint density at radius 2 is 1.94 bits per heavy atom. The number of hydrogen-bond acceptors (Lipinski definition) is 6. The fourth-order valence-corrected chi connectivity index (χ4v) is 5.44. The van der Waals surface area contributed by atoms with Crippen molar-refractivity contribution in [3.63, 3.8) is 0 Å². The van der Waals surface area contributed by atoms with Gasteiger partial charge in [0.05, 0.1) is 16.5 Å². The van der Waals surface area contributed by atoms with Crippen LogP contribution in [0.5, 0.6) is 5.75 Å². The van der Waals surface area contributed by atoms with E-state index in [2.05, 4.69) is 21.2 Å². The van der Waals surface area contributed by atoms with Gasteiger partial charge in [-0.05, 0) is 36.4 Å². The number of rotatable bonds is 2. The number of piperazine rings is 1. The van der Waals surface area contributed by atoms with Crippen molar-refractivity contribution >= 4 is 27.5 Å². The molecule has 2 aromatic heterocycles. The van der Waals surface area contributed by atoms with Gasteiger partial charge < -0.3 is 15.3 Å². The molecule has 0 spiro atoms. The maximum absolute atomic E-state index is 16.2. The van der Waals surface area contributed by atoms with Crippen molar-refractivity contribution in [2.24, 2.45) is 7.05 Å². The smallest absolute Gasteiger partial charge is 0.349 e. The number of benzene rings is 2. The first kappa shape index (κ1) is 21.5. The molecule has 2 bridgehead atoms. The molecule has 0 saturated carbocycles. The second-order valence-corrected chi connectivity index (χ2v) is 9.16. The molecule has 4 heterocycles. The summed E-state index contributed by atoms with van der Waals surface area (Å²) in [7, 11) is 1.45. The Labute approximate surface area is 199 Å². The van der Waals surface area contributed by atoms with Crippen LogP contribution in [0.1, 0.15) is 18.4 Å². The van der Waals surface area contributed by atoms with Crippen LogP contribution in [0.2, 0.25) is 0 Å². The summed E-state index contributed by atoms with van der Waals surface area (Å²) in [6.07, 6.45) is 9.13. The zero-order valence-corrected chi connectivity index (χ0v) is 18.8. The van der Waals surface area contributed by atoms with Gasteiger partial charge in [0.25, 0.3) is 0 Å². The predicted molar refractivity (Wildman–Crippen MR) is 129 cm³/mol. The number of aromatic hydroxyl groups is 1. The molecule has 0 amide bonds. The number of terminal acetylenes is 1. The Morgan fingerprint density at radius 3 is 2.66 bits per heavy atom. The van der Waals surface area contributed by atoms with E-state index < -0.39 is 17.3 Å². The molecule has 2 aliphatic heterocycles. The molecular formula is C26H21F2N5O2. The fraction of sp³-hybridized carbons (Fsp3) is 0.269. The van der Waals surface area contributed by atoms with Crippen molar-refractivity contribution in [3.8, 4) is 29.4 Å². The lowest BCUT2D eigenvalue weighted by Gasteiger charge is -2.34. The molecular weight excluding hydrogens is 452 g/mol. The average molecular weight is 473 g/mol. The Hall–Kier alpha value is -4.03. The summed E-state index contributed by atoms with van der Waals surface area (Å²) in [6, 6.07) is 5.98. The molecule has 176 valence electrons. The Kier molecular flexibility index (Phi) is 4.76. The standard InChI is InChI=1S/C26H21F2N5O2/c1-3-17-20(27)7-4-13-8-16(34)9-18(21(13)17)23-22(28)24-19(10-29-23)25(31-26(35)32(24)2)33-11-14-5-6-15(12-33)30-14/h1,4,7-10,14-15,30,34H,5-6,11-12H2,2H3/t14-,15+. The summed E-state index contributed by atoms with van der Waals surface area (Å²) in [4.78, 5) is 23.4.